The first-order valence-electron chi connectivity index (χ1n) is 5.18. The average Bonchev–Trinajstić information content (AvgIpc) is 2.67. The van der Waals surface area contributed by atoms with Crippen LogP contribution in [0.25, 0.3) is 0 Å². The van der Waals surface area contributed by atoms with Gasteiger partial charge in [-0.05, 0) is 35.0 Å². The number of carbonyl (C=O) groups is 1. The van der Waals surface area contributed by atoms with Crippen molar-refractivity contribution in [2.75, 3.05) is 5.32 Å². The summed E-state index contributed by atoms with van der Waals surface area (Å²) in [6.45, 7) is 2.21. The summed E-state index contributed by atoms with van der Waals surface area (Å²) in [5.74, 6) is -0.0931. The first kappa shape index (κ1) is 11.9. The SMILES string of the molecule is Cc1ccc(NC(=O)Cn2cc(Br)cn2)cc1. The molecule has 0 atom stereocenters. The van der Waals surface area contributed by atoms with E-state index in [1.165, 1.54) is 5.56 Å². The zero-order valence-electron chi connectivity index (χ0n) is 9.35. The summed E-state index contributed by atoms with van der Waals surface area (Å²) in [5, 5.41) is 6.83. The molecule has 17 heavy (non-hydrogen) atoms. The van der Waals surface area contributed by atoms with E-state index in [1.54, 1.807) is 17.1 Å². The van der Waals surface area contributed by atoms with Gasteiger partial charge in [0.25, 0.3) is 0 Å². The van der Waals surface area contributed by atoms with Gasteiger partial charge < -0.3 is 5.32 Å². The van der Waals surface area contributed by atoms with Crippen LogP contribution in [0, 0.1) is 6.92 Å². The molecule has 0 saturated carbocycles. The third kappa shape index (κ3) is 3.42. The lowest BCUT2D eigenvalue weighted by Gasteiger charge is -2.05. The molecule has 0 aliphatic carbocycles. The third-order valence-corrected chi connectivity index (χ3v) is 2.65. The smallest absolute Gasteiger partial charge is 0.246 e. The number of amides is 1. The van der Waals surface area contributed by atoms with Crippen LogP contribution in [0.2, 0.25) is 0 Å². The van der Waals surface area contributed by atoms with E-state index in [0.717, 1.165) is 10.2 Å². The second-order valence-corrected chi connectivity index (χ2v) is 4.69. The fraction of sp³-hybridized carbons (Fsp3) is 0.167. The lowest BCUT2D eigenvalue weighted by atomic mass is 10.2. The molecule has 0 saturated heterocycles. The highest BCUT2D eigenvalue weighted by molar-refractivity contribution is 9.10. The van der Waals surface area contributed by atoms with Crippen LogP contribution >= 0.6 is 15.9 Å². The Morgan fingerprint density at radius 1 is 1.41 bits per heavy atom. The predicted octanol–water partition coefficient (Wildman–Crippen LogP) is 2.59. The minimum Gasteiger partial charge on any atom is -0.324 e. The number of anilines is 1. The van der Waals surface area contributed by atoms with Crippen LogP contribution in [-0.4, -0.2) is 15.7 Å². The molecule has 4 nitrogen and oxygen atoms in total. The molecule has 0 radical (unpaired) electrons. The van der Waals surface area contributed by atoms with Gasteiger partial charge in [0.2, 0.25) is 5.91 Å². The van der Waals surface area contributed by atoms with Crippen molar-refractivity contribution in [2.45, 2.75) is 13.5 Å². The topological polar surface area (TPSA) is 46.9 Å². The zero-order chi connectivity index (χ0) is 12.3. The van der Waals surface area contributed by atoms with Gasteiger partial charge in [-0.1, -0.05) is 17.7 Å². The number of hydrogen-bond donors (Lipinski definition) is 1. The Morgan fingerprint density at radius 2 is 2.12 bits per heavy atom. The second kappa shape index (κ2) is 5.14. The van der Waals surface area contributed by atoms with Crippen molar-refractivity contribution >= 4 is 27.5 Å². The predicted molar refractivity (Wildman–Crippen MR) is 69.7 cm³/mol. The summed E-state index contributed by atoms with van der Waals surface area (Å²) in [7, 11) is 0. The van der Waals surface area contributed by atoms with Gasteiger partial charge in [-0.15, -0.1) is 0 Å². The Kier molecular flexibility index (Phi) is 3.58. The lowest BCUT2D eigenvalue weighted by Crippen LogP contribution is -2.18. The van der Waals surface area contributed by atoms with Gasteiger partial charge in [0.15, 0.2) is 0 Å². The molecule has 5 heteroatoms. The number of halogens is 1. The van der Waals surface area contributed by atoms with Gasteiger partial charge in [-0.3, -0.25) is 9.48 Å². The van der Waals surface area contributed by atoms with Gasteiger partial charge in [-0.25, -0.2) is 0 Å². The highest BCUT2D eigenvalue weighted by atomic mass is 79.9. The van der Waals surface area contributed by atoms with Crippen molar-refractivity contribution in [3.8, 4) is 0 Å². The molecule has 2 aromatic rings. The number of aryl methyl sites for hydroxylation is 1. The minimum absolute atomic E-state index is 0.0931. The average molecular weight is 294 g/mol. The molecule has 0 fully saturated rings. The van der Waals surface area contributed by atoms with Crippen LogP contribution < -0.4 is 5.32 Å². The molecule has 0 spiro atoms. The fourth-order valence-corrected chi connectivity index (χ4v) is 1.74. The van der Waals surface area contributed by atoms with E-state index in [-0.39, 0.29) is 12.5 Å². The Bertz CT molecular complexity index is 519. The van der Waals surface area contributed by atoms with Gasteiger partial charge in [0, 0.05) is 11.9 Å². The summed E-state index contributed by atoms with van der Waals surface area (Å²) in [6.07, 6.45) is 3.41. The molecule has 1 N–H and O–H groups in total. The molecule has 1 heterocycles. The molecule has 2 rings (SSSR count). The molecule has 0 bridgehead atoms. The van der Waals surface area contributed by atoms with Crippen molar-refractivity contribution < 1.29 is 4.79 Å². The quantitative estimate of drug-likeness (QED) is 0.945. The number of nitrogens with zero attached hydrogens (tertiary/aromatic N) is 2. The van der Waals surface area contributed by atoms with Crippen LogP contribution in [0.1, 0.15) is 5.56 Å². The fourth-order valence-electron chi connectivity index (χ4n) is 1.41. The first-order valence-corrected chi connectivity index (χ1v) is 5.97. The van der Waals surface area contributed by atoms with Crippen LogP contribution in [-0.2, 0) is 11.3 Å². The van der Waals surface area contributed by atoms with E-state index in [4.69, 9.17) is 0 Å². The monoisotopic (exact) mass is 293 g/mol. The number of carbonyl (C=O) groups excluding carboxylic acids is 1. The maximum atomic E-state index is 11.7. The van der Waals surface area contributed by atoms with Crippen molar-refractivity contribution in [1.29, 1.82) is 0 Å². The van der Waals surface area contributed by atoms with Crippen molar-refractivity contribution in [3.05, 3.63) is 46.7 Å². The minimum atomic E-state index is -0.0931. The normalized spacial score (nSPS) is 10.2. The second-order valence-electron chi connectivity index (χ2n) is 3.77. The van der Waals surface area contributed by atoms with E-state index < -0.39 is 0 Å². The maximum Gasteiger partial charge on any atom is 0.246 e. The number of nitrogens with one attached hydrogen (secondary N) is 1. The maximum absolute atomic E-state index is 11.7. The molecule has 0 aliphatic heterocycles. The Hall–Kier alpha value is -1.62. The zero-order valence-corrected chi connectivity index (χ0v) is 10.9. The highest BCUT2D eigenvalue weighted by Gasteiger charge is 2.04. The van der Waals surface area contributed by atoms with Crippen molar-refractivity contribution in [3.63, 3.8) is 0 Å². The van der Waals surface area contributed by atoms with Crippen molar-refractivity contribution in [2.24, 2.45) is 0 Å². The summed E-state index contributed by atoms with van der Waals surface area (Å²) >= 11 is 3.28. The van der Waals surface area contributed by atoms with Gasteiger partial charge in [0.05, 0.1) is 10.7 Å². The molecule has 1 aromatic carbocycles. The van der Waals surface area contributed by atoms with E-state index in [9.17, 15) is 4.79 Å². The van der Waals surface area contributed by atoms with E-state index in [2.05, 4.69) is 26.3 Å². The number of benzene rings is 1. The summed E-state index contributed by atoms with van der Waals surface area (Å²) < 4.78 is 2.44. The number of aromatic nitrogens is 2. The molecule has 88 valence electrons. The van der Waals surface area contributed by atoms with Crippen LogP contribution in [0.4, 0.5) is 5.69 Å². The summed E-state index contributed by atoms with van der Waals surface area (Å²) in [4.78, 5) is 11.7. The number of rotatable bonds is 3. The van der Waals surface area contributed by atoms with E-state index >= 15 is 0 Å². The molecule has 0 aliphatic rings. The Balaban J connectivity index is 1.95. The first-order chi connectivity index (χ1) is 8.13. The Morgan fingerprint density at radius 3 is 2.71 bits per heavy atom. The van der Waals surface area contributed by atoms with Crippen molar-refractivity contribution in [1.82, 2.24) is 9.78 Å². The molecule has 1 aromatic heterocycles. The van der Waals surface area contributed by atoms with E-state index in [0.29, 0.717) is 0 Å². The van der Waals surface area contributed by atoms with E-state index in [1.807, 2.05) is 31.2 Å². The summed E-state index contributed by atoms with van der Waals surface area (Å²) in [5.41, 5.74) is 1.96. The molecule has 0 unspecified atom stereocenters. The van der Waals surface area contributed by atoms with Crippen LogP contribution in [0.5, 0.6) is 0 Å². The van der Waals surface area contributed by atoms with Crippen LogP contribution in [0.15, 0.2) is 41.1 Å². The third-order valence-electron chi connectivity index (χ3n) is 2.24. The van der Waals surface area contributed by atoms with Gasteiger partial charge in [0.1, 0.15) is 6.54 Å². The highest BCUT2D eigenvalue weighted by Crippen LogP contribution is 2.09. The standard InChI is InChI=1S/C12H12BrN3O/c1-9-2-4-11(5-3-9)15-12(17)8-16-7-10(13)6-14-16/h2-7H,8H2,1H3,(H,15,17). The van der Waals surface area contributed by atoms with Gasteiger partial charge in [-0.2, -0.15) is 5.10 Å². The Labute approximate surface area is 108 Å². The largest absolute Gasteiger partial charge is 0.324 e. The molecular formula is C12H12BrN3O. The summed E-state index contributed by atoms with van der Waals surface area (Å²) in [6, 6.07) is 7.68. The molecule has 1 amide bonds. The lowest BCUT2D eigenvalue weighted by molar-refractivity contribution is -0.116. The van der Waals surface area contributed by atoms with Gasteiger partial charge >= 0.3 is 0 Å². The van der Waals surface area contributed by atoms with Crippen LogP contribution in [0.3, 0.4) is 0 Å². The molecular weight excluding hydrogens is 282 g/mol. The number of hydrogen-bond acceptors (Lipinski definition) is 2.